The molecule has 2 heterocycles. The molecule has 134 valence electrons. The van der Waals surface area contributed by atoms with Crippen LogP contribution in [0.2, 0.25) is 0 Å². The fourth-order valence-corrected chi connectivity index (χ4v) is 3.43. The van der Waals surface area contributed by atoms with Crippen molar-refractivity contribution in [2.24, 2.45) is 0 Å². The first-order valence-corrected chi connectivity index (χ1v) is 9.10. The average molecular weight is 355 g/mol. The van der Waals surface area contributed by atoms with Crippen LogP contribution in [-0.4, -0.2) is 20.5 Å². The van der Waals surface area contributed by atoms with Gasteiger partial charge in [-0.05, 0) is 31.5 Å². The lowest BCUT2D eigenvalue weighted by atomic mass is 10.1. The van der Waals surface area contributed by atoms with Crippen LogP contribution in [-0.2, 0) is 6.42 Å². The van der Waals surface area contributed by atoms with Gasteiger partial charge in [-0.3, -0.25) is 14.5 Å². The van der Waals surface area contributed by atoms with E-state index in [9.17, 15) is 4.79 Å². The van der Waals surface area contributed by atoms with Gasteiger partial charge >= 0.3 is 0 Å². The molecule has 0 N–H and O–H groups in total. The second-order valence-electron chi connectivity index (χ2n) is 6.77. The Labute approximate surface area is 158 Å². The van der Waals surface area contributed by atoms with Crippen molar-refractivity contribution in [3.05, 3.63) is 95.4 Å². The number of fused-ring (bicyclic) bond motifs is 1. The zero-order valence-electron chi connectivity index (χ0n) is 15.5. The fourth-order valence-electron chi connectivity index (χ4n) is 3.43. The first-order chi connectivity index (χ1) is 13.1. The normalized spacial score (nSPS) is 12.2. The highest BCUT2D eigenvalue weighted by atomic mass is 16.1. The van der Waals surface area contributed by atoms with Crippen LogP contribution in [0.1, 0.15) is 40.3 Å². The molecule has 2 aromatic heterocycles. The Balaban J connectivity index is 1.58. The first-order valence-electron chi connectivity index (χ1n) is 9.10. The number of carbonyl (C=O) groups is 1. The Morgan fingerprint density at radius 1 is 1.00 bits per heavy atom. The maximum absolute atomic E-state index is 12.9. The van der Waals surface area contributed by atoms with Crippen molar-refractivity contribution in [3.63, 3.8) is 0 Å². The first kappa shape index (κ1) is 17.2. The van der Waals surface area contributed by atoms with Crippen molar-refractivity contribution in [2.45, 2.75) is 26.3 Å². The van der Waals surface area contributed by atoms with E-state index in [1.165, 1.54) is 5.56 Å². The lowest BCUT2D eigenvalue weighted by molar-refractivity contribution is 0.0991. The summed E-state index contributed by atoms with van der Waals surface area (Å²) in [7, 11) is 0. The van der Waals surface area contributed by atoms with Crippen LogP contribution >= 0.6 is 0 Å². The molecular weight excluding hydrogens is 334 g/mol. The van der Waals surface area contributed by atoms with Crippen LogP contribution in [0.4, 0.5) is 0 Å². The molecule has 4 heteroatoms. The largest absolute Gasteiger partial charge is 0.294 e. The van der Waals surface area contributed by atoms with Gasteiger partial charge in [-0.15, -0.1) is 0 Å². The number of nitrogens with zero attached hydrogens (tertiary/aromatic N) is 3. The predicted molar refractivity (Wildman–Crippen MR) is 107 cm³/mol. The molecule has 0 aliphatic rings. The van der Waals surface area contributed by atoms with Gasteiger partial charge in [-0.1, -0.05) is 54.6 Å². The van der Waals surface area contributed by atoms with Gasteiger partial charge in [0.05, 0.1) is 29.7 Å². The zero-order valence-corrected chi connectivity index (χ0v) is 15.5. The van der Waals surface area contributed by atoms with Crippen molar-refractivity contribution in [2.75, 3.05) is 0 Å². The molecule has 0 bridgehead atoms. The Kier molecular flexibility index (Phi) is 4.55. The molecule has 0 aliphatic carbocycles. The topological polar surface area (TPSA) is 47.8 Å². The van der Waals surface area contributed by atoms with Crippen LogP contribution in [0.3, 0.4) is 0 Å². The maximum atomic E-state index is 12.9. The summed E-state index contributed by atoms with van der Waals surface area (Å²) in [4.78, 5) is 17.5. The van der Waals surface area contributed by atoms with Crippen LogP contribution < -0.4 is 0 Å². The second kappa shape index (κ2) is 7.16. The minimum absolute atomic E-state index is 0.0433. The van der Waals surface area contributed by atoms with E-state index in [1.54, 1.807) is 6.20 Å². The van der Waals surface area contributed by atoms with Gasteiger partial charge in [0.2, 0.25) is 0 Å². The average Bonchev–Trinajstić information content (AvgIpc) is 3.09. The van der Waals surface area contributed by atoms with E-state index < -0.39 is 0 Å². The predicted octanol–water partition coefficient (Wildman–Crippen LogP) is 4.77. The molecule has 27 heavy (non-hydrogen) atoms. The number of aromatic nitrogens is 3. The van der Waals surface area contributed by atoms with Crippen molar-refractivity contribution in [1.82, 2.24) is 14.8 Å². The Morgan fingerprint density at radius 2 is 1.74 bits per heavy atom. The van der Waals surface area contributed by atoms with Crippen LogP contribution in [0.5, 0.6) is 0 Å². The SMILES string of the molecule is Cc1c(C(=O)Cc2ccc3ccccc3n2)cnn1C(C)c1ccccc1. The Hall–Kier alpha value is -3.27. The summed E-state index contributed by atoms with van der Waals surface area (Å²) in [5, 5.41) is 5.56. The standard InChI is InChI=1S/C23H21N3O/c1-16(18-8-4-3-5-9-18)26-17(2)21(15-24-26)23(27)14-20-13-12-19-10-6-7-11-22(19)25-20/h3-13,15-16H,14H2,1-2H3. The molecule has 4 rings (SSSR count). The lowest BCUT2D eigenvalue weighted by Gasteiger charge is -2.15. The third-order valence-electron chi connectivity index (χ3n) is 4.99. The number of carbonyl (C=O) groups excluding carboxylic acids is 1. The van der Waals surface area contributed by atoms with E-state index >= 15 is 0 Å². The summed E-state index contributed by atoms with van der Waals surface area (Å²) >= 11 is 0. The molecule has 0 amide bonds. The molecule has 0 fully saturated rings. The van der Waals surface area contributed by atoms with Crippen molar-refractivity contribution in [3.8, 4) is 0 Å². The maximum Gasteiger partial charge on any atom is 0.172 e. The number of hydrogen-bond donors (Lipinski definition) is 0. The number of hydrogen-bond acceptors (Lipinski definition) is 3. The van der Waals surface area contributed by atoms with Crippen molar-refractivity contribution >= 4 is 16.7 Å². The number of ketones is 1. The molecule has 0 aliphatic heterocycles. The summed E-state index contributed by atoms with van der Waals surface area (Å²) in [5.74, 6) is 0.0433. The van der Waals surface area contributed by atoms with E-state index in [-0.39, 0.29) is 18.2 Å². The molecular formula is C23H21N3O. The summed E-state index contributed by atoms with van der Waals surface area (Å²) in [5.41, 5.74) is 4.40. The highest BCUT2D eigenvalue weighted by Crippen LogP contribution is 2.21. The lowest BCUT2D eigenvalue weighted by Crippen LogP contribution is -2.12. The number of para-hydroxylation sites is 1. The minimum Gasteiger partial charge on any atom is -0.294 e. The molecule has 0 saturated heterocycles. The van der Waals surface area contributed by atoms with Gasteiger partial charge < -0.3 is 0 Å². The Bertz CT molecular complexity index is 1100. The van der Waals surface area contributed by atoms with Crippen LogP contribution in [0, 0.1) is 6.92 Å². The van der Waals surface area contributed by atoms with E-state index in [2.05, 4.69) is 29.1 Å². The fraction of sp³-hybridized carbons (Fsp3) is 0.174. The zero-order chi connectivity index (χ0) is 18.8. The summed E-state index contributed by atoms with van der Waals surface area (Å²) < 4.78 is 1.91. The molecule has 1 unspecified atom stereocenters. The van der Waals surface area contributed by atoms with Gasteiger partial charge in [0.1, 0.15) is 0 Å². The Morgan fingerprint density at radius 3 is 2.56 bits per heavy atom. The van der Waals surface area contributed by atoms with E-state index in [0.29, 0.717) is 5.56 Å². The molecule has 4 aromatic rings. The highest BCUT2D eigenvalue weighted by molar-refractivity contribution is 5.98. The minimum atomic E-state index is 0.0433. The monoisotopic (exact) mass is 355 g/mol. The smallest absolute Gasteiger partial charge is 0.172 e. The number of Topliss-reactive ketones (excluding diaryl/α,β-unsaturated/α-hetero) is 1. The van der Waals surface area contributed by atoms with Gasteiger partial charge in [0.25, 0.3) is 0 Å². The summed E-state index contributed by atoms with van der Waals surface area (Å²) in [6, 6.07) is 22.1. The molecule has 1 atom stereocenters. The van der Waals surface area contributed by atoms with Gasteiger partial charge in [0, 0.05) is 16.8 Å². The van der Waals surface area contributed by atoms with Crippen LogP contribution in [0.25, 0.3) is 10.9 Å². The van der Waals surface area contributed by atoms with Gasteiger partial charge in [-0.25, -0.2) is 0 Å². The van der Waals surface area contributed by atoms with Gasteiger partial charge in [-0.2, -0.15) is 5.10 Å². The summed E-state index contributed by atoms with van der Waals surface area (Å²) in [6.07, 6.45) is 1.95. The quantitative estimate of drug-likeness (QED) is 0.484. The number of rotatable bonds is 5. The second-order valence-corrected chi connectivity index (χ2v) is 6.77. The summed E-state index contributed by atoms with van der Waals surface area (Å²) in [6.45, 7) is 4.04. The molecule has 0 spiro atoms. The number of pyridine rings is 1. The third-order valence-corrected chi connectivity index (χ3v) is 4.99. The van der Waals surface area contributed by atoms with Crippen molar-refractivity contribution < 1.29 is 4.79 Å². The number of benzene rings is 2. The van der Waals surface area contributed by atoms with E-state index in [1.807, 2.05) is 66.2 Å². The third kappa shape index (κ3) is 3.38. The van der Waals surface area contributed by atoms with E-state index in [4.69, 9.17) is 0 Å². The van der Waals surface area contributed by atoms with E-state index in [0.717, 1.165) is 22.3 Å². The molecule has 0 saturated carbocycles. The molecule has 4 nitrogen and oxygen atoms in total. The van der Waals surface area contributed by atoms with Gasteiger partial charge in [0.15, 0.2) is 5.78 Å². The molecule has 0 radical (unpaired) electrons. The highest BCUT2D eigenvalue weighted by Gasteiger charge is 2.18. The molecule has 2 aromatic carbocycles. The van der Waals surface area contributed by atoms with Crippen LogP contribution in [0.15, 0.2) is 72.9 Å². The van der Waals surface area contributed by atoms with Crippen molar-refractivity contribution in [1.29, 1.82) is 0 Å².